The van der Waals surface area contributed by atoms with E-state index in [1.807, 2.05) is 0 Å². The lowest BCUT2D eigenvalue weighted by atomic mass is 10.0. The molecule has 0 radical (unpaired) electrons. The Morgan fingerprint density at radius 1 is 0.667 bits per heavy atom. The van der Waals surface area contributed by atoms with Crippen molar-refractivity contribution in [1.82, 2.24) is 0 Å². The van der Waals surface area contributed by atoms with E-state index in [1.165, 1.54) is 36.4 Å². The monoisotopic (exact) mass is 246 g/mol. The number of ketones is 2. The summed E-state index contributed by atoms with van der Waals surface area (Å²) >= 11 is 0. The van der Waals surface area contributed by atoms with E-state index in [1.54, 1.807) is 0 Å². The van der Waals surface area contributed by atoms with Crippen LogP contribution >= 0.6 is 0 Å². The molecule has 0 aliphatic rings. The topological polar surface area (TPSA) is 34.1 Å². The summed E-state index contributed by atoms with van der Waals surface area (Å²) in [6.07, 6.45) is 0. The van der Waals surface area contributed by atoms with Crippen LogP contribution in [0.2, 0.25) is 0 Å². The zero-order valence-corrected chi connectivity index (χ0v) is 9.19. The van der Waals surface area contributed by atoms with Crippen LogP contribution in [-0.2, 0) is 0 Å². The standard InChI is InChI=1S/C14H8F2O2/c15-11-7-3-1-5-9(11)13(17)14(18)10-6-2-4-8-12(10)16/h1-8H. The molecule has 0 saturated heterocycles. The van der Waals surface area contributed by atoms with E-state index in [9.17, 15) is 18.4 Å². The van der Waals surface area contributed by atoms with Gasteiger partial charge in [-0.3, -0.25) is 9.59 Å². The molecule has 0 spiro atoms. The minimum absolute atomic E-state index is 0.356. The molecule has 0 saturated carbocycles. The highest BCUT2D eigenvalue weighted by Gasteiger charge is 2.23. The van der Waals surface area contributed by atoms with E-state index in [-0.39, 0.29) is 11.1 Å². The average Bonchev–Trinajstić information content (AvgIpc) is 2.38. The van der Waals surface area contributed by atoms with Gasteiger partial charge in [-0.1, -0.05) is 24.3 Å². The number of halogens is 2. The van der Waals surface area contributed by atoms with Gasteiger partial charge in [0.1, 0.15) is 11.6 Å². The van der Waals surface area contributed by atoms with Crippen LogP contribution < -0.4 is 0 Å². The van der Waals surface area contributed by atoms with Crippen LogP contribution in [0.15, 0.2) is 48.5 Å². The summed E-state index contributed by atoms with van der Waals surface area (Å²) in [6, 6.07) is 10.2. The predicted molar refractivity (Wildman–Crippen MR) is 61.5 cm³/mol. The third-order valence-corrected chi connectivity index (χ3v) is 2.44. The molecule has 0 aliphatic carbocycles. The van der Waals surface area contributed by atoms with Gasteiger partial charge in [-0.2, -0.15) is 0 Å². The first-order chi connectivity index (χ1) is 8.61. The van der Waals surface area contributed by atoms with Gasteiger partial charge in [0.2, 0.25) is 11.6 Å². The van der Waals surface area contributed by atoms with E-state index in [0.717, 1.165) is 12.1 Å². The minimum Gasteiger partial charge on any atom is -0.285 e. The highest BCUT2D eigenvalue weighted by molar-refractivity contribution is 6.49. The summed E-state index contributed by atoms with van der Waals surface area (Å²) in [5, 5.41) is 0. The Bertz CT molecular complexity index is 565. The lowest BCUT2D eigenvalue weighted by Crippen LogP contribution is -2.17. The molecule has 2 nitrogen and oxygen atoms in total. The molecule has 0 unspecified atom stereocenters. The van der Waals surface area contributed by atoms with Gasteiger partial charge in [-0.05, 0) is 24.3 Å². The highest BCUT2D eigenvalue weighted by atomic mass is 19.1. The molecule has 0 amide bonds. The smallest absolute Gasteiger partial charge is 0.236 e. The Balaban J connectivity index is 2.39. The van der Waals surface area contributed by atoms with Crippen LogP contribution in [0.1, 0.15) is 20.7 Å². The molecule has 18 heavy (non-hydrogen) atoms. The van der Waals surface area contributed by atoms with Gasteiger partial charge >= 0.3 is 0 Å². The van der Waals surface area contributed by atoms with E-state index in [2.05, 4.69) is 0 Å². The SMILES string of the molecule is O=C(C(=O)c1ccccc1F)c1ccccc1F. The van der Waals surface area contributed by atoms with Crippen LogP contribution in [0.5, 0.6) is 0 Å². The van der Waals surface area contributed by atoms with Gasteiger partial charge in [0.05, 0.1) is 11.1 Å². The first-order valence-electron chi connectivity index (χ1n) is 5.19. The first kappa shape index (κ1) is 12.1. The molecule has 90 valence electrons. The molecular formula is C14H8F2O2. The van der Waals surface area contributed by atoms with Gasteiger partial charge in [-0.15, -0.1) is 0 Å². The number of hydrogen-bond donors (Lipinski definition) is 0. The van der Waals surface area contributed by atoms with Crippen LogP contribution in [0, 0.1) is 11.6 Å². The summed E-state index contributed by atoms with van der Waals surface area (Å²) in [5.74, 6) is -3.71. The lowest BCUT2D eigenvalue weighted by Gasteiger charge is -2.02. The number of benzene rings is 2. The number of carbonyl (C=O) groups excluding carboxylic acids is 2. The average molecular weight is 246 g/mol. The zero-order valence-electron chi connectivity index (χ0n) is 9.19. The van der Waals surface area contributed by atoms with E-state index in [4.69, 9.17) is 0 Å². The van der Waals surface area contributed by atoms with Crippen molar-refractivity contribution in [2.24, 2.45) is 0 Å². The number of Topliss-reactive ketones (excluding diaryl/α,β-unsaturated/α-hetero) is 2. The fourth-order valence-electron chi connectivity index (χ4n) is 1.54. The normalized spacial score (nSPS) is 10.1. The van der Waals surface area contributed by atoms with Gasteiger partial charge in [0.25, 0.3) is 0 Å². The zero-order chi connectivity index (χ0) is 13.1. The molecule has 4 heteroatoms. The molecular weight excluding hydrogens is 238 g/mol. The molecule has 0 atom stereocenters. The largest absolute Gasteiger partial charge is 0.285 e. The van der Waals surface area contributed by atoms with E-state index < -0.39 is 23.2 Å². The molecule has 0 bridgehead atoms. The second kappa shape index (κ2) is 4.87. The second-order valence-electron chi connectivity index (χ2n) is 3.62. The van der Waals surface area contributed by atoms with Crippen molar-refractivity contribution in [2.75, 3.05) is 0 Å². The summed E-state index contributed by atoms with van der Waals surface area (Å²) in [5.41, 5.74) is -0.712. The number of carbonyl (C=O) groups is 2. The summed E-state index contributed by atoms with van der Waals surface area (Å²) in [6.45, 7) is 0. The molecule has 0 heterocycles. The number of rotatable bonds is 3. The molecule has 2 rings (SSSR count). The van der Waals surface area contributed by atoms with E-state index in [0.29, 0.717) is 0 Å². The Morgan fingerprint density at radius 2 is 1.00 bits per heavy atom. The third kappa shape index (κ3) is 2.18. The van der Waals surface area contributed by atoms with Crippen LogP contribution in [-0.4, -0.2) is 11.6 Å². The van der Waals surface area contributed by atoms with Crippen molar-refractivity contribution in [1.29, 1.82) is 0 Å². The summed E-state index contributed by atoms with van der Waals surface area (Å²) < 4.78 is 26.7. The molecule has 2 aromatic carbocycles. The minimum atomic E-state index is -1.06. The maximum absolute atomic E-state index is 13.3. The lowest BCUT2D eigenvalue weighted by molar-refractivity contribution is 0.0812. The molecule has 0 aromatic heterocycles. The fourth-order valence-corrected chi connectivity index (χ4v) is 1.54. The van der Waals surface area contributed by atoms with Gasteiger partial charge in [0, 0.05) is 0 Å². The van der Waals surface area contributed by atoms with Crippen molar-refractivity contribution >= 4 is 11.6 Å². The van der Waals surface area contributed by atoms with Gasteiger partial charge < -0.3 is 0 Å². The summed E-state index contributed by atoms with van der Waals surface area (Å²) in [4.78, 5) is 23.5. The Hall–Kier alpha value is -2.36. The predicted octanol–water partition coefficient (Wildman–Crippen LogP) is 3.03. The quantitative estimate of drug-likeness (QED) is 0.616. The van der Waals surface area contributed by atoms with Crippen molar-refractivity contribution in [3.8, 4) is 0 Å². The van der Waals surface area contributed by atoms with E-state index >= 15 is 0 Å². The first-order valence-corrected chi connectivity index (χ1v) is 5.19. The van der Waals surface area contributed by atoms with Gasteiger partial charge in [0.15, 0.2) is 0 Å². The van der Waals surface area contributed by atoms with Crippen molar-refractivity contribution in [3.05, 3.63) is 71.3 Å². The molecule has 2 aromatic rings. The van der Waals surface area contributed by atoms with Crippen LogP contribution in [0.3, 0.4) is 0 Å². The van der Waals surface area contributed by atoms with Crippen molar-refractivity contribution < 1.29 is 18.4 Å². The van der Waals surface area contributed by atoms with Gasteiger partial charge in [-0.25, -0.2) is 8.78 Å². The highest BCUT2D eigenvalue weighted by Crippen LogP contribution is 2.13. The van der Waals surface area contributed by atoms with Crippen molar-refractivity contribution in [3.63, 3.8) is 0 Å². The Labute approximate surface area is 102 Å². The third-order valence-electron chi connectivity index (χ3n) is 2.44. The second-order valence-corrected chi connectivity index (χ2v) is 3.62. The molecule has 0 N–H and O–H groups in total. The van der Waals surface area contributed by atoms with Crippen LogP contribution in [0.25, 0.3) is 0 Å². The Kier molecular flexibility index (Phi) is 3.28. The maximum atomic E-state index is 13.3. The number of hydrogen-bond acceptors (Lipinski definition) is 2. The fraction of sp³-hybridized carbons (Fsp3) is 0. The molecule has 0 aliphatic heterocycles. The summed E-state index contributed by atoms with van der Waals surface area (Å²) in [7, 11) is 0. The maximum Gasteiger partial charge on any atom is 0.236 e. The van der Waals surface area contributed by atoms with Crippen LogP contribution in [0.4, 0.5) is 8.78 Å². The Morgan fingerprint density at radius 3 is 1.33 bits per heavy atom. The van der Waals surface area contributed by atoms with Crippen molar-refractivity contribution in [2.45, 2.75) is 0 Å². The molecule has 0 fully saturated rings.